The molecule has 0 fully saturated rings. The van der Waals surface area contributed by atoms with Crippen molar-refractivity contribution in [2.75, 3.05) is 6.26 Å². The maximum Gasteiger partial charge on any atom is 0.175 e. The summed E-state index contributed by atoms with van der Waals surface area (Å²) in [6.45, 7) is 1.98. The molecule has 0 spiro atoms. The zero-order valence-electron chi connectivity index (χ0n) is 23.0. The van der Waals surface area contributed by atoms with Crippen LogP contribution in [0.2, 0.25) is 0 Å². The van der Waals surface area contributed by atoms with Gasteiger partial charge < -0.3 is 5.32 Å². The van der Waals surface area contributed by atoms with E-state index in [1.54, 1.807) is 6.07 Å². The minimum Gasteiger partial charge on any atom is -0.365 e. The van der Waals surface area contributed by atoms with Crippen LogP contribution in [0, 0.1) is 6.92 Å². The summed E-state index contributed by atoms with van der Waals surface area (Å²) in [5.41, 5.74) is 12.3. The SMILES string of the molecule is C1=CC2=CC=C(CC2)N1.Cc1ccc(/C=C\C2Cc3c(ccc4c3CCC=C4)-c3cc(S(C)(=O)=O)ccc32)cn1. The Bertz CT molecular complexity index is 1720. The number of hydrogen-bond donors (Lipinski definition) is 1. The summed E-state index contributed by atoms with van der Waals surface area (Å²) < 4.78 is 24.5. The Hall–Kier alpha value is -3.96. The van der Waals surface area contributed by atoms with Gasteiger partial charge >= 0.3 is 0 Å². The first-order chi connectivity index (χ1) is 19.3. The second-order valence-electron chi connectivity index (χ2n) is 10.9. The van der Waals surface area contributed by atoms with Crippen molar-refractivity contribution < 1.29 is 8.42 Å². The lowest BCUT2D eigenvalue weighted by molar-refractivity contribution is 0.602. The van der Waals surface area contributed by atoms with E-state index in [0.717, 1.165) is 36.1 Å². The molecular weight excluding hydrogens is 512 g/mol. The number of allylic oxidation sites excluding steroid dienone is 7. The van der Waals surface area contributed by atoms with E-state index >= 15 is 0 Å². The molecule has 1 aromatic heterocycles. The summed E-state index contributed by atoms with van der Waals surface area (Å²) in [6, 6.07) is 14.0. The summed E-state index contributed by atoms with van der Waals surface area (Å²) in [6.07, 6.45) is 25.9. The van der Waals surface area contributed by atoms with Crippen molar-refractivity contribution in [3.05, 3.63) is 130 Å². The molecule has 4 nitrogen and oxygen atoms in total. The Balaban J connectivity index is 0.000000271. The number of nitrogens with zero attached hydrogens (tertiary/aromatic N) is 1. The standard InChI is InChI=1S/C27H25NO2S.C8H9N/c1-18-7-8-19(17-28-18)9-10-21-15-26-23-6-4-3-5-20(23)11-13-25(26)27-16-22(31(2,29)30)12-14-24(21)27;1-3-8-4-2-7(1)5-6-9-8/h3,5,7-14,16-17,21H,4,6,15H2,1-2H3;1,3,5-6,9H,2,4H2/b10-9-;. The second-order valence-corrected chi connectivity index (χ2v) is 13.0. The highest BCUT2D eigenvalue weighted by molar-refractivity contribution is 7.90. The Morgan fingerprint density at radius 3 is 2.62 bits per heavy atom. The normalized spacial score (nSPS) is 18.4. The Morgan fingerprint density at radius 1 is 0.950 bits per heavy atom. The zero-order valence-corrected chi connectivity index (χ0v) is 23.8. The highest BCUT2D eigenvalue weighted by Crippen LogP contribution is 2.44. The number of aryl methyl sites for hydroxylation is 1. The van der Waals surface area contributed by atoms with Gasteiger partial charge in [-0.25, -0.2) is 8.42 Å². The van der Waals surface area contributed by atoms with Crippen molar-refractivity contribution >= 4 is 22.0 Å². The third-order valence-corrected chi connectivity index (χ3v) is 9.21. The van der Waals surface area contributed by atoms with Crippen molar-refractivity contribution in [1.29, 1.82) is 0 Å². The molecule has 0 amide bonds. The molecule has 8 rings (SSSR count). The van der Waals surface area contributed by atoms with E-state index in [0.29, 0.717) is 4.90 Å². The summed E-state index contributed by atoms with van der Waals surface area (Å²) in [7, 11) is -3.27. The van der Waals surface area contributed by atoms with E-state index in [1.165, 1.54) is 58.2 Å². The van der Waals surface area contributed by atoms with Crippen LogP contribution in [0.3, 0.4) is 0 Å². The van der Waals surface area contributed by atoms with Crippen molar-refractivity contribution in [3.63, 3.8) is 0 Å². The van der Waals surface area contributed by atoms with Gasteiger partial charge in [-0.05, 0) is 114 Å². The van der Waals surface area contributed by atoms with Crippen LogP contribution in [0.25, 0.3) is 23.3 Å². The summed E-state index contributed by atoms with van der Waals surface area (Å²) in [5, 5.41) is 3.20. The average Bonchev–Trinajstić information content (AvgIpc) is 3.34. The van der Waals surface area contributed by atoms with Gasteiger partial charge in [0.2, 0.25) is 0 Å². The molecule has 0 saturated heterocycles. The second kappa shape index (κ2) is 10.9. The molecule has 0 saturated carbocycles. The van der Waals surface area contributed by atoms with Gasteiger partial charge in [0.1, 0.15) is 0 Å². The minimum atomic E-state index is -3.27. The van der Waals surface area contributed by atoms with E-state index in [9.17, 15) is 8.42 Å². The first kappa shape index (κ1) is 26.3. The molecule has 3 heterocycles. The number of aromatic nitrogens is 1. The first-order valence-corrected chi connectivity index (χ1v) is 15.8. The van der Waals surface area contributed by atoms with Crippen molar-refractivity contribution in [3.8, 4) is 11.1 Å². The third kappa shape index (κ3) is 5.52. The highest BCUT2D eigenvalue weighted by Gasteiger charge is 2.27. The predicted molar refractivity (Wildman–Crippen MR) is 164 cm³/mol. The van der Waals surface area contributed by atoms with E-state index in [4.69, 9.17) is 0 Å². The van der Waals surface area contributed by atoms with Crippen molar-refractivity contribution in [2.24, 2.45) is 0 Å². The molecule has 2 aromatic carbocycles. The van der Waals surface area contributed by atoms with Crippen LogP contribution < -0.4 is 5.32 Å². The smallest absolute Gasteiger partial charge is 0.175 e. The van der Waals surface area contributed by atoms with Gasteiger partial charge in [0.15, 0.2) is 9.84 Å². The molecule has 3 aliphatic carbocycles. The fourth-order valence-electron chi connectivity index (χ4n) is 5.88. The summed E-state index contributed by atoms with van der Waals surface area (Å²) >= 11 is 0. The number of nitrogens with one attached hydrogen (secondary N) is 1. The number of hydrogen-bond acceptors (Lipinski definition) is 4. The third-order valence-electron chi connectivity index (χ3n) is 8.10. The van der Waals surface area contributed by atoms with Crippen molar-refractivity contribution in [2.45, 2.75) is 49.8 Å². The number of benzene rings is 2. The van der Waals surface area contributed by atoms with Gasteiger partial charge in [0, 0.05) is 36.0 Å². The minimum absolute atomic E-state index is 0.190. The molecule has 2 aliphatic heterocycles. The van der Waals surface area contributed by atoms with E-state index < -0.39 is 9.84 Å². The molecule has 2 bridgehead atoms. The lowest BCUT2D eigenvalue weighted by Crippen LogP contribution is -2.14. The van der Waals surface area contributed by atoms with E-state index in [2.05, 4.69) is 71.0 Å². The van der Waals surface area contributed by atoms with Gasteiger partial charge in [0.25, 0.3) is 0 Å². The Morgan fingerprint density at radius 2 is 1.85 bits per heavy atom. The molecule has 5 aliphatic rings. The highest BCUT2D eigenvalue weighted by atomic mass is 32.2. The lowest BCUT2D eigenvalue weighted by atomic mass is 9.74. The average molecular weight is 547 g/mol. The van der Waals surface area contributed by atoms with Crippen LogP contribution in [0.15, 0.2) is 101 Å². The first-order valence-electron chi connectivity index (χ1n) is 13.9. The molecule has 40 heavy (non-hydrogen) atoms. The van der Waals surface area contributed by atoms with E-state index in [-0.39, 0.29) is 5.92 Å². The maximum absolute atomic E-state index is 12.3. The number of rotatable bonds is 3. The lowest BCUT2D eigenvalue weighted by Gasteiger charge is -2.30. The van der Waals surface area contributed by atoms with Crippen molar-refractivity contribution in [1.82, 2.24) is 10.3 Å². The van der Waals surface area contributed by atoms with Gasteiger partial charge in [0.05, 0.1) is 4.90 Å². The van der Waals surface area contributed by atoms with E-state index in [1.807, 2.05) is 37.5 Å². The topological polar surface area (TPSA) is 59.1 Å². The summed E-state index contributed by atoms with van der Waals surface area (Å²) in [5.74, 6) is 0.190. The quantitative estimate of drug-likeness (QED) is 0.370. The van der Waals surface area contributed by atoms with Gasteiger partial charge in [-0.15, -0.1) is 0 Å². The maximum atomic E-state index is 12.3. The van der Waals surface area contributed by atoms with Crippen LogP contribution in [-0.4, -0.2) is 19.7 Å². The fraction of sp³-hybridized carbons (Fsp3) is 0.229. The number of fused-ring (bicyclic) bond motifs is 8. The van der Waals surface area contributed by atoms with Crippen LogP contribution in [0.4, 0.5) is 0 Å². The molecular formula is C35H34N2O2S. The molecule has 202 valence electrons. The fourth-order valence-corrected chi connectivity index (χ4v) is 6.53. The van der Waals surface area contributed by atoms with Gasteiger partial charge in [-0.3, -0.25) is 4.98 Å². The predicted octanol–water partition coefficient (Wildman–Crippen LogP) is 7.48. The molecule has 1 N–H and O–H groups in total. The Kier molecular flexibility index (Phi) is 7.16. The molecule has 0 radical (unpaired) electrons. The molecule has 5 heteroatoms. The zero-order chi connectivity index (χ0) is 27.7. The Labute approximate surface area is 237 Å². The number of sulfone groups is 1. The molecule has 3 aromatic rings. The van der Waals surface area contributed by atoms with Crippen LogP contribution in [-0.2, 0) is 22.7 Å². The molecule has 1 unspecified atom stereocenters. The largest absolute Gasteiger partial charge is 0.365 e. The number of pyridine rings is 1. The van der Waals surface area contributed by atoms with Gasteiger partial charge in [-0.1, -0.05) is 54.6 Å². The van der Waals surface area contributed by atoms with Gasteiger partial charge in [-0.2, -0.15) is 0 Å². The summed E-state index contributed by atoms with van der Waals surface area (Å²) in [4.78, 5) is 4.77. The van der Waals surface area contributed by atoms with Crippen LogP contribution >= 0.6 is 0 Å². The molecule has 1 atom stereocenters. The monoisotopic (exact) mass is 546 g/mol. The van der Waals surface area contributed by atoms with Crippen LogP contribution in [0.5, 0.6) is 0 Å². The van der Waals surface area contributed by atoms with Crippen LogP contribution in [0.1, 0.15) is 58.7 Å².